The van der Waals surface area contributed by atoms with Crippen LogP contribution in [0.2, 0.25) is 0 Å². The van der Waals surface area contributed by atoms with Crippen LogP contribution in [0.15, 0.2) is 0 Å². The summed E-state index contributed by atoms with van der Waals surface area (Å²) >= 11 is 0. The lowest BCUT2D eigenvalue weighted by molar-refractivity contribution is 0.110. The second kappa shape index (κ2) is 4.65. The van der Waals surface area contributed by atoms with E-state index >= 15 is 0 Å². The first kappa shape index (κ1) is 11.3. The van der Waals surface area contributed by atoms with Crippen LogP contribution in [0.3, 0.4) is 0 Å². The van der Waals surface area contributed by atoms with E-state index in [1.807, 2.05) is 0 Å². The van der Waals surface area contributed by atoms with Crippen molar-refractivity contribution in [2.45, 2.75) is 45.4 Å². The Labute approximate surface area is 88.1 Å². The molecule has 1 aliphatic heterocycles. The zero-order valence-electron chi connectivity index (χ0n) is 8.64. The topological polar surface area (TPSA) is 12.0 Å². The number of piperidine rings is 1. The van der Waals surface area contributed by atoms with E-state index in [0.29, 0.717) is 0 Å². The van der Waals surface area contributed by atoms with E-state index in [1.165, 1.54) is 51.6 Å². The molecule has 1 saturated heterocycles. The van der Waals surface area contributed by atoms with Gasteiger partial charge >= 0.3 is 0 Å². The third-order valence-corrected chi connectivity index (χ3v) is 4.00. The van der Waals surface area contributed by atoms with Crippen molar-refractivity contribution in [1.29, 1.82) is 0 Å². The van der Waals surface area contributed by atoms with Crippen LogP contribution in [-0.4, -0.2) is 13.1 Å². The van der Waals surface area contributed by atoms with Gasteiger partial charge in [-0.1, -0.05) is 19.8 Å². The van der Waals surface area contributed by atoms with Crippen LogP contribution in [0.4, 0.5) is 0 Å². The Morgan fingerprint density at radius 1 is 1.00 bits per heavy atom. The molecule has 13 heavy (non-hydrogen) atoms. The summed E-state index contributed by atoms with van der Waals surface area (Å²) in [4.78, 5) is 0. The van der Waals surface area contributed by atoms with Gasteiger partial charge in [-0.3, -0.25) is 0 Å². The molecule has 2 rings (SSSR count). The third kappa shape index (κ3) is 2.60. The molecule has 78 valence electrons. The predicted molar refractivity (Wildman–Crippen MR) is 59.4 cm³/mol. The Morgan fingerprint density at radius 2 is 1.54 bits per heavy atom. The summed E-state index contributed by atoms with van der Waals surface area (Å²) in [6.07, 6.45) is 8.88. The molecule has 1 aliphatic carbocycles. The average molecular weight is 204 g/mol. The lowest BCUT2D eigenvalue weighted by Gasteiger charge is -2.42. The first-order chi connectivity index (χ1) is 5.81. The molecule has 0 amide bonds. The maximum atomic E-state index is 3.47. The number of rotatable bonds is 0. The molecular weight excluding hydrogens is 182 g/mol. The second-order valence-electron chi connectivity index (χ2n) is 4.93. The highest BCUT2D eigenvalue weighted by Crippen LogP contribution is 2.44. The zero-order valence-corrected chi connectivity index (χ0v) is 9.46. The van der Waals surface area contributed by atoms with Gasteiger partial charge in [0.25, 0.3) is 0 Å². The Kier molecular flexibility index (Phi) is 4.06. The number of nitrogens with one attached hydrogen (secondary N) is 1. The monoisotopic (exact) mass is 203 g/mol. The zero-order chi connectivity index (χ0) is 8.44. The van der Waals surface area contributed by atoms with E-state index in [0.717, 1.165) is 11.3 Å². The molecule has 1 saturated carbocycles. The van der Waals surface area contributed by atoms with Gasteiger partial charge in [0.2, 0.25) is 0 Å². The molecule has 0 radical (unpaired) electrons. The van der Waals surface area contributed by atoms with Gasteiger partial charge in [-0.15, -0.1) is 12.4 Å². The maximum absolute atomic E-state index is 3.47. The lowest BCUT2D eigenvalue weighted by Crippen LogP contribution is -2.38. The molecule has 2 heteroatoms. The molecule has 0 aromatic carbocycles. The third-order valence-electron chi connectivity index (χ3n) is 4.00. The Morgan fingerprint density at radius 3 is 2.08 bits per heavy atom. The van der Waals surface area contributed by atoms with E-state index in [-0.39, 0.29) is 12.4 Å². The maximum Gasteiger partial charge on any atom is -0.00436 e. The summed E-state index contributed by atoms with van der Waals surface area (Å²) in [6, 6.07) is 0. The van der Waals surface area contributed by atoms with Gasteiger partial charge in [-0.05, 0) is 50.1 Å². The summed E-state index contributed by atoms with van der Waals surface area (Å²) in [6.45, 7) is 4.96. The van der Waals surface area contributed by atoms with Crippen molar-refractivity contribution in [1.82, 2.24) is 5.32 Å². The van der Waals surface area contributed by atoms with E-state index in [1.54, 1.807) is 0 Å². The van der Waals surface area contributed by atoms with Crippen LogP contribution < -0.4 is 5.32 Å². The molecule has 1 heterocycles. The Balaban J connectivity index is 0.000000845. The van der Waals surface area contributed by atoms with Gasteiger partial charge in [0.15, 0.2) is 0 Å². The van der Waals surface area contributed by atoms with Crippen molar-refractivity contribution in [2.75, 3.05) is 13.1 Å². The van der Waals surface area contributed by atoms with Crippen molar-refractivity contribution in [3.05, 3.63) is 0 Å². The van der Waals surface area contributed by atoms with Crippen LogP contribution in [0, 0.1) is 11.3 Å². The summed E-state index contributed by atoms with van der Waals surface area (Å²) in [5, 5.41) is 3.47. The van der Waals surface area contributed by atoms with E-state index in [4.69, 9.17) is 0 Å². The molecule has 0 bridgehead atoms. The SMILES string of the molecule is CC1CCC2(CCNCC2)CC1.Cl. The van der Waals surface area contributed by atoms with Crippen LogP contribution in [0.5, 0.6) is 0 Å². The molecule has 1 nitrogen and oxygen atoms in total. The largest absolute Gasteiger partial charge is 0.317 e. The molecule has 1 N–H and O–H groups in total. The van der Waals surface area contributed by atoms with Gasteiger partial charge in [-0.2, -0.15) is 0 Å². The first-order valence-corrected chi connectivity index (χ1v) is 5.52. The summed E-state index contributed by atoms with van der Waals surface area (Å²) in [5.41, 5.74) is 0.776. The normalized spacial score (nSPS) is 28.4. The highest BCUT2D eigenvalue weighted by atomic mass is 35.5. The predicted octanol–water partition coefficient (Wildman–Crippen LogP) is 2.99. The minimum absolute atomic E-state index is 0. The van der Waals surface area contributed by atoms with Crippen molar-refractivity contribution in [3.8, 4) is 0 Å². The number of halogens is 1. The van der Waals surface area contributed by atoms with Gasteiger partial charge in [0.05, 0.1) is 0 Å². The minimum Gasteiger partial charge on any atom is -0.317 e. The van der Waals surface area contributed by atoms with Crippen molar-refractivity contribution >= 4 is 12.4 Å². The first-order valence-electron chi connectivity index (χ1n) is 5.52. The minimum atomic E-state index is 0. The fourth-order valence-corrected chi connectivity index (χ4v) is 2.83. The quantitative estimate of drug-likeness (QED) is 0.639. The molecule has 1 spiro atoms. The molecule has 0 unspecified atom stereocenters. The highest BCUT2D eigenvalue weighted by Gasteiger charge is 2.34. The van der Waals surface area contributed by atoms with Crippen molar-refractivity contribution in [3.63, 3.8) is 0 Å². The standard InChI is InChI=1S/C11H21N.ClH/c1-10-2-4-11(5-3-10)6-8-12-9-7-11;/h10,12H,2-9H2,1H3;1H. The van der Waals surface area contributed by atoms with E-state index in [9.17, 15) is 0 Å². The molecule has 0 aromatic heterocycles. The molecule has 0 aromatic rings. The van der Waals surface area contributed by atoms with Crippen molar-refractivity contribution in [2.24, 2.45) is 11.3 Å². The number of hydrogen-bond acceptors (Lipinski definition) is 1. The summed E-state index contributed by atoms with van der Waals surface area (Å²) < 4.78 is 0. The second-order valence-corrected chi connectivity index (χ2v) is 4.93. The average Bonchev–Trinajstić information content (AvgIpc) is 2.13. The Bertz CT molecular complexity index is 142. The van der Waals surface area contributed by atoms with Crippen LogP contribution in [0.1, 0.15) is 45.4 Å². The lowest BCUT2D eigenvalue weighted by atomic mass is 9.66. The highest BCUT2D eigenvalue weighted by molar-refractivity contribution is 5.85. The fraction of sp³-hybridized carbons (Fsp3) is 1.00. The van der Waals surface area contributed by atoms with E-state index < -0.39 is 0 Å². The smallest absolute Gasteiger partial charge is 0.00436 e. The van der Waals surface area contributed by atoms with Crippen LogP contribution in [-0.2, 0) is 0 Å². The fourth-order valence-electron chi connectivity index (χ4n) is 2.83. The molecule has 2 aliphatic rings. The summed E-state index contributed by atoms with van der Waals surface area (Å²) in [5.74, 6) is 1.01. The molecule has 0 atom stereocenters. The Hall–Kier alpha value is 0.250. The van der Waals surface area contributed by atoms with Gasteiger partial charge in [-0.25, -0.2) is 0 Å². The molecule has 2 fully saturated rings. The van der Waals surface area contributed by atoms with Gasteiger partial charge in [0, 0.05) is 0 Å². The van der Waals surface area contributed by atoms with Crippen LogP contribution >= 0.6 is 12.4 Å². The summed E-state index contributed by atoms with van der Waals surface area (Å²) in [7, 11) is 0. The molecular formula is C11H22ClN. The van der Waals surface area contributed by atoms with E-state index in [2.05, 4.69) is 12.2 Å². The van der Waals surface area contributed by atoms with Crippen LogP contribution in [0.25, 0.3) is 0 Å². The van der Waals surface area contributed by atoms with Gasteiger partial charge in [0.1, 0.15) is 0 Å². The number of hydrogen-bond donors (Lipinski definition) is 1. The van der Waals surface area contributed by atoms with Gasteiger partial charge < -0.3 is 5.32 Å². The van der Waals surface area contributed by atoms with Crippen molar-refractivity contribution < 1.29 is 0 Å².